The molecule has 0 unspecified atom stereocenters. The number of nitrogens with one attached hydrogen (secondary N) is 1. The number of carbonyl (C=O) groups excluding carboxylic acids is 2. The molecule has 4 rings (SSSR count). The SMILES string of the molecule is CCCN(Cc1cccn1Cc1nc(C(=O)NCCc2ccc(Cl)cc2Cl)cs1)C(=O)c1ccccc1. The van der Waals surface area contributed by atoms with Crippen molar-refractivity contribution >= 4 is 46.4 Å². The van der Waals surface area contributed by atoms with Crippen molar-refractivity contribution in [3.63, 3.8) is 0 Å². The second-order valence-corrected chi connectivity index (χ2v) is 10.4. The summed E-state index contributed by atoms with van der Waals surface area (Å²) >= 11 is 13.6. The molecular formula is C28H28Cl2N4O2S. The largest absolute Gasteiger partial charge is 0.350 e. The van der Waals surface area contributed by atoms with Crippen LogP contribution in [0.15, 0.2) is 72.2 Å². The van der Waals surface area contributed by atoms with Crippen LogP contribution in [0, 0.1) is 0 Å². The Kier molecular flexibility index (Phi) is 9.39. The molecule has 0 saturated heterocycles. The van der Waals surface area contributed by atoms with Crippen molar-refractivity contribution in [2.45, 2.75) is 32.9 Å². The quantitative estimate of drug-likeness (QED) is 0.235. The standard InChI is InChI=1S/C28H28Cl2N4O2S/c1-2-14-34(28(36)21-7-4-3-5-8-21)17-23-9-6-15-33(23)18-26-32-25(19-37-26)27(35)31-13-12-20-10-11-22(29)16-24(20)30/h3-11,15-16,19H,2,12-14,17-18H2,1H3,(H,31,35). The number of hydrogen-bond acceptors (Lipinski definition) is 4. The Labute approximate surface area is 230 Å². The van der Waals surface area contributed by atoms with E-state index in [1.807, 2.05) is 59.6 Å². The van der Waals surface area contributed by atoms with Crippen LogP contribution >= 0.6 is 34.5 Å². The first-order valence-corrected chi connectivity index (χ1v) is 13.7. The van der Waals surface area contributed by atoms with Gasteiger partial charge in [-0.15, -0.1) is 11.3 Å². The number of rotatable bonds is 11. The first-order chi connectivity index (χ1) is 17.9. The molecule has 1 N–H and O–H groups in total. The molecule has 0 aliphatic heterocycles. The van der Waals surface area contributed by atoms with E-state index in [-0.39, 0.29) is 11.8 Å². The average Bonchev–Trinajstić information content (AvgIpc) is 3.55. The van der Waals surface area contributed by atoms with Crippen LogP contribution in [0.1, 0.15) is 50.5 Å². The Morgan fingerprint density at radius 2 is 1.89 bits per heavy atom. The van der Waals surface area contributed by atoms with Gasteiger partial charge in [0.15, 0.2) is 0 Å². The van der Waals surface area contributed by atoms with Crippen LogP contribution in [-0.4, -0.2) is 39.4 Å². The van der Waals surface area contributed by atoms with Gasteiger partial charge in [0, 0.05) is 46.0 Å². The van der Waals surface area contributed by atoms with E-state index in [1.54, 1.807) is 17.5 Å². The Morgan fingerprint density at radius 3 is 2.65 bits per heavy atom. The van der Waals surface area contributed by atoms with E-state index in [0.717, 1.165) is 22.7 Å². The lowest BCUT2D eigenvalue weighted by atomic mass is 10.1. The van der Waals surface area contributed by atoms with E-state index in [2.05, 4.69) is 21.8 Å². The van der Waals surface area contributed by atoms with Gasteiger partial charge in [-0.1, -0.05) is 54.4 Å². The number of amides is 2. The summed E-state index contributed by atoms with van der Waals surface area (Å²) in [6.45, 7) is 4.20. The summed E-state index contributed by atoms with van der Waals surface area (Å²) in [5.41, 5.74) is 3.01. The van der Waals surface area contributed by atoms with E-state index >= 15 is 0 Å². The van der Waals surface area contributed by atoms with Gasteiger partial charge in [-0.2, -0.15) is 0 Å². The molecule has 37 heavy (non-hydrogen) atoms. The van der Waals surface area contributed by atoms with Crippen LogP contribution in [0.2, 0.25) is 10.0 Å². The maximum atomic E-state index is 13.1. The first kappa shape index (κ1) is 26.9. The van der Waals surface area contributed by atoms with E-state index in [9.17, 15) is 9.59 Å². The molecule has 2 heterocycles. The van der Waals surface area contributed by atoms with Crippen molar-refractivity contribution < 1.29 is 9.59 Å². The van der Waals surface area contributed by atoms with Gasteiger partial charge >= 0.3 is 0 Å². The Bertz CT molecular complexity index is 1350. The molecule has 0 saturated carbocycles. The fraction of sp³-hybridized carbons (Fsp3) is 0.250. The van der Waals surface area contributed by atoms with Gasteiger partial charge < -0.3 is 14.8 Å². The molecule has 192 valence electrons. The summed E-state index contributed by atoms with van der Waals surface area (Å²) in [7, 11) is 0. The summed E-state index contributed by atoms with van der Waals surface area (Å²) in [4.78, 5) is 32.1. The number of halogens is 2. The number of carbonyl (C=O) groups is 2. The van der Waals surface area contributed by atoms with Crippen molar-refractivity contribution in [3.8, 4) is 0 Å². The zero-order valence-corrected chi connectivity index (χ0v) is 22.8. The number of hydrogen-bond donors (Lipinski definition) is 1. The van der Waals surface area contributed by atoms with Crippen LogP contribution in [-0.2, 0) is 19.5 Å². The molecule has 2 aromatic heterocycles. The molecule has 9 heteroatoms. The molecule has 0 aliphatic rings. The Balaban J connectivity index is 1.36. The smallest absolute Gasteiger partial charge is 0.270 e. The zero-order valence-electron chi connectivity index (χ0n) is 20.5. The first-order valence-electron chi connectivity index (χ1n) is 12.1. The molecule has 0 fully saturated rings. The third-order valence-corrected chi connectivity index (χ3v) is 7.28. The monoisotopic (exact) mass is 554 g/mol. The van der Waals surface area contributed by atoms with Gasteiger partial charge in [-0.3, -0.25) is 9.59 Å². The Morgan fingerprint density at radius 1 is 1.08 bits per heavy atom. The van der Waals surface area contributed by atoms with E-state index < -0.39 is 0 Å². The molecule has 4 aromatic rings. The van der Waals surface area contributed by atoms with E-state index in [4.69, 9.17) is 23.2 Å². The fourth-order valence-electron chi connectivity index (χ4n) is 3.99. The van der Waals surface area contributed by atoms with Crippen LogP contribution in [0.5, 0.6) is 0 Å². The van der Waals surface area contributed by atoms with Crippen LogP contribution < -0.4 is 5.32 Å². The second-order valence-electron chi connectivity index (χ2n) is 8.59. The summed E-state index contributed by atoms with van der Waals surface area (Å²) in [5, 5.41) is 6.66. The normalized spacial score (nSPS) is 10.9. The highest BCUT2D eigenvalue weighted by Gasteiger charge is 2.18. The maximum Gasteiger partial charge on any atom is 0.270 e. The molecule has 0 aliphatic carbocycles. The van der Waals surface area contributed by atoms with Gasteiger partial charge in [-0.05, 0) is 54.8 Å². The van der Waals surface area contributed by atoms with Crippen LogP contribution in [0.3, 0.4) is 0 Å². The lowest BCUT2D eigenvalue weighted by molar-refractivity contribution is 0.0739. The summed E-state index contributed by atoms with van der Waals surface area (Å²) in [6, 6.07) is 18.7. The topological polar surface area (TPSA) is 67.2 Å². The fourth-order valence-corrected chi connectivity index (χ4v) is 5.26. The van der Waals surface area contributed by atoms with Crippen LogP contribution in [0.4, 0.5) is 0 Å². The van der Waals surface area contributed by atoms with E-state index in [0.29, 0.717) is 53.9 Å². The van der Waals surface area contributed by atoms with Gasteiger partial charge in [0.1, 0.15) is 10.7 Å². The second kappa shape index (κ2) is 12.9. The lowest BCUT2D eigenvalue weighted by Gasteiger charge is -2.23. The molecule has 2 amide bonds. The predicted octanol–water partition coefficient (Wildman–Crippen LogP) is 6.32. The molecule has 0 bridgehead atoms. The predicted molar refractivity (Wildman–Crippen MR) is 150 cm³/mol. The molecule has 0 atom stereocenters. The highest BCUT2D eigenvalue weighted by Crippen LogP contribution is 2.21. The summed E-state index contributed by atoms with van der Waals surface area (Å²) in [5.74, 6) is -0.203. The molecule has 0 radical (unpaired) electrons. The number of aromatic nitrogens is 2. The van der Waals surface area contributed by atoms with Crippen molar-refractivity contribution in [2.24, 2.45) is 0 Å². The van der Waals surface area contributed by atoms with Crippen molar-refractivity contribution in [1.82, 2.24) is 19.8 Å². The molecular weight excluding hydrogens is 527 g/mol. The molecule has 6 nitrogen and oxygen atoms in total. The van der Waals surface area contributed by atoms with Crippen LogP contribution in [0.25, 0.3) is 0 Å². The Hall–Kier alpha value is -3.13. The lowest BCUT2D eigenvalue weighted by Crippen LogP contribution is -2.32. The van der Waals surface area contributed by atoms with Crippen molar-refractivity contribution in [3.05, 3.63) is 110 Å². The van der Waals surface area contributed by atoms with Gasteiger partial charge in [0.25, 0.3) is 11.8 Å². The number of nitrogens with zero attached hydrogens (tertiary/aromatic N) is 3. The highest BCUT2D eigenvalue weighted by molar-refractivity contribution is 7.09. The van der Waals surface area contributed by atoms with Crippen molar-refractivity contribution in [1.29, 1.82) is 0 Å². The third kappa shape index (κ3) is 7.22. The summed E-state index contributed by atoms with van der Waals surface area (Å²) < 4.78 is 2.07. The van der Waals surface area contributed by atoms with Gasteiger partial charge in [0.05, 0.1) is 13.1 Å². The third-order valence-electron chi connectivity index (χ3n) is 5.86. The minimum absolute atomic E-state index is 0.0169. The van der Waals surface area contributed by atoms with Crippen molar-refractivity contribution in [2.75, 3.05) is 13.1 Å². The van der Waals surface area contributed by atoms with E-state index in [1.165, 1.54) is 11.3 Å². The minimum atomic E-state index is -0.220. The number of benzene rings is 2. The number of thiazole rings is 1. The van der Waals surface area contributed by atoms with Gasteiger partial charge in [0.2, 0.25) is 0 Å². The van der Waals surface area contributed by atoms with Gasteiger partial charge in [-0.25, -0.2) is 4.98 Å². The molecule has 0 spiro atoms. The molecule has 2 aromatic carbocycles. The average molecular weight is 556 g/mol. The highest BCUT2D eigenvalue weighted by atomic mass is 35.5. The maximum absolute atomic E-state index is 13.1. The zero-order chi connectivity index (χ0) is 26.2. The minimum Gasteiger partial charge on any atom is -0.350 e. The summed E-state index contributed by atoms with van der Waals surface area (Å²) in [6.07, 6.45) is 3.44.